The fraction of sp³-hybridized carbons (Fsp3) is 0.667. The van der Waals surface area contributed by atoms with Crippen LogP contribution in [0, 0.1) is 0 Å². The van der Waals surface area contributed by atoms with E-state index in [9.17, 15) is 0 Å². The van der Waals surface area contributed by atoms with Gasteiger partial charge in [-0.2, -0.15) is 0 Å². The first-order valence-corrected chi connectivity index (χ1v) is 7.35. The van der Waals surface area contributed by atoms with Gasteiger partial charge in [-0.15, -0.1) is 0 Å². The predicted octanol–water partition coefficient (Wildman–Crippen LogP) is 2.91. The lowest BCUT2D eigenvalue weighted by molar-refractivity contribution is 0.141. The molecular weight excluding hydrogens is 238 g/mol. The molecule has 1 fully saturated rings. The summed E-state index contributed by atoms with van der Waals surface area (Å²) in [6, 6.07) is 4.53. The quantitative estimate of drug-likeness (QED) is 0.856. The van der Waals surface area contributed by atoms with Gasteiger partial charge < -0.3 is 15.0 Å². The van der Waals surface area contributed by atoms with Gasteiger partial charge in [-0.25, -0.2) is 4.98 Å². The number of pyridine rings is 1. The first kappa shape index (κ1) is 14.1. The van der Waals surface area contributed by atoms with Gasteiger partial charge in [0.15, 0.2) is 0 Å². The van der Waals surface area contributed by atoms with Crippen LogP contribution >= 0.6 is 0 Å². The van der Waals surface area contributed by atoms with E-state index in [0.29, 0.717) is 6.04 Å². The molecule has 19 heavy (non-hydrogen) atoms. The average molecular weight is 263 g/mol. The molecule has 1 N–H and O–H groups in total. The van der Waals surface area contributed by atoms with Crippen molar-refractivity contribution in [1.82, 2.24) is 4.98 Å². The Morgan fingerprint density at radius 2 is 2.11 bits per heavy atom. The van der Waals surface area contributed by atoms with Crippen molar-refractivity contribution in [3.8, 4) is 0 Å². The van der Waals surface area contributed by atoms with E-state index in [2.05, 4.69) is 34.3 Å². The molecule has 1 aliphatic heterocycles. The number of hydrogen-bond donors (Lipinski definition) is 1. The fourth-order valence-corrected chi connectivity index (χ4v) is 2.40. The van der Waals surface area contributed by atoms with Crippen LogP contribution in [0.2, 0.25) is 0 Å². The van der Waals surface area contributed by atoms with Crippen LogP contribution in [0.1, 0.15) is 33.1 Å². The van der Waals surface area contributed by atoms with Gasteiger partial charge in [0.1, 0.15) is 5.82 Å². The standard InChI is InChI=1S/C15H25N3O/c1-3-19-12-13(2)17-14-7-8-15(16-11-14)18-9-5-4-6-10-18/h7-8,11,13,17H,3-6,9-10,12H2,1-2H3. The van der Waals surface area contributed by atoms with Crippen molar-refractivity contribution >= 4 is 11.5 Å². The van der Waals surface area contributed by atoms with Gasteiger partial charge in [-0.1, -0.05) is 0 Å². The average Bonchev–Trinajstić information content (AvgIpc) is 2.47. The number of anilines is 2. The first-order valence-electron chi connectivity index (χ1n) is 7.35. The molecule has 1 aromatic heterocycles. The summed E-state index contributed by atoms with van der Waals surface area (Å²) in [6.07, 6.45) is 5.84. The van der Waals surface area contributed by atoms with Gasteiger partial charge in [0, 0.05) is 25.7 Å². The second kappa shape index (κ2) is 7.34. The first-order chi connectivity index (χ1) is 9.29. The van der Waals surface area contributed by atoms with Crippen LogP contribution in [-0.4, -0.2) is 37.3 Å². The molecular formula is C15H25N3O. The summed E-state index contributed by atoms with van der Waals surface area (Å²) in [4.78, 5) is 6.93. The van der Waals surface area contributed by atoms with E-state index in [1.807, 2.05) is 13.1 Å². The van der Waals surface area contributed by atoms with Crippen molar-refractivity contribution in [2.24, 2.45) is 0 Å². The summed E-state index contributed by atoms with van der Waals surface area (Å²) >= 11 is 0. The Labute approximate surface area is 116 Å². The molecule has 1 unspecified atom stereocenters. The number of nitrogens with one attached hydrogen (secondary N) is 1. The Balaban J connectivity index is 1.86. The summed E-state index contributed by atoms with van der Waals surface area (Å²) in [5.41, 5.74) is 1.06. The van der Waals surface area contributed by atoms with Gasteiger partial charge in [0.25, 0.3) is 0 Å². The molecule has 0 amide bonds. The second-order valence-corrected chi connectivity index (χ2v) is 5.16. The third-order valence-electron chi connectivity index (χ3n) is 3.41. The lowest BCUT2D eigenvalue weighted by Crippen LogP contribution is -2.30. The van der Waals surface area contributed by atoms with Crippen LogP contribution in [0.4, 0.5) is 11.5 Å². The highest BCUT2D eigenvalue weighted by molar-refractivity contribution is 5.49. The lowest BCUT2D eigenvalue weighted by atomic mass is 10.1. The minimum absolute atomic E-state index is 0.308. The lowest BCUT2D eigenvalue weighted by Gasteiger charge is -2.27. The van der Waals surface area contributed by atoms with Crippen molar-refractivity contribution < 1.29 is 4.74 Å². The monoisotopic (exact) mass is 263 g/mol. The Bertz CT molecular complexity index is 360. The minimum Gasteiger partial charge on any atom is -0.380 e. The van der Waals surface area contributed by atoms with Crippen LogP contribution in [0.5, 0.6) is 0 Å². The van der Waals surface area contributed by atoms with Gasteiger partial charge in [0.2, 0.25) is 0 Å². The normalized spacial score (nSPS) is 17.3. The molecule has 0 spiro atoms. The molecule has 2 heterocycles. The van der Waals surface area contributed by atoms with Crippen LogP contribution in [0.15, 0.2) is 18.3 Å². The Hall–Kier alpha value is -1.29. The third-order valence-corrected chi connectivity index (χ3v) is 3.41. The molecule has 4 nitrogen and oxygen atoms in total. The van der Waals surface area contributed by atoms with Crippen LogP contribution in [0.25, 0.3) is 0 Å². The molecule has 1 aromatic rings. The van der Waals surface area contributed by atoms with E-state index in [4.69, 9.17) is 4.74 Å². The number of aromatic nitrogens is 1. The zero-order valence-electron chi connectivity index (χ0n) is 12.1. The van der Waals surface area contributed by atoms with Crippen molar-refractivity contribution in [3.05, 3.63) is 18.3 Å². The van der Waals surface area contributed by atoms with Crippen LogP contribution in [-0.2, 0) is 4.74 Å². The van der Waals surface area contributed by atoms with Crippen molar-refractivity contribution in [3.63, 3.8) is 0 Å². The van der Waals surface area contributed by atoms with E-state index in [-0.39, 0.29) is 0 Å². The second-order valence-electron chi connectivity index (χ2n) is 5.16. The number of rotatable bonds is 6. The molecule has 0 saturated carbocycles. The molecule has 106 valence electrons. The molecule has 0 bridgehead atoms. The van der Waals surface area contributed by atoms with Crippen molar-refractivity contribution in [2.75, 3.05) is 36.5 Å². The van der Waals surface area contributed by atoms with Crippen LogP contribution in [0.3, 0.4) is 0 Å². The third kappa shape index (κ3) is 4.39. The maximum atomic E-state index is 5.40. The van der Waals surface area contributed by atoms with E-state index >= 15 is 0 Å². The van der Waals surface area contributed by atoms with E-state index < -0.39 is 0 Å². The predicted molar refractivity (Wildman–Crippen MR) is 79.9 cm³/mol. The van der Waals surface area contributed by atoms with E-state index in [1.54, 1.807) is 0 Å². The zero-order valence-corrected chi connectivity index (χ0v) is 12.1. The maximum absolute atomic E-state index is 5.40. The van der Waals surface area contributed by atoms with Gasteiger partial charge in [0.05, 0.1) is 18.5 Å². The summed E-state index contributed by atoms with van der Waals surface area (Å²) in [7, 11) is 0. The molecule has 0 aromatic carbocycles. The molecule has 1 aliphatic rings. The topological polar surface area (TPSA) is 37.4 Å². The Morgan fingerprint density at radius 3 is 2.74 bits per heavy atom. The Morgan fingerprint density at radius 1 is 1.32 bits per heavy atom. The number of ether oxygens (including phenoxy) is 1. The van der Waals surface area contributed by atoms with E-state index in [0.717, 1.165) is 37.8 Å². The largest absolute Gasteiger partial charge is 0.380 e. The van der Waals surface area contributed by atoms with E-state index in [1.165, 1.54) is 19.3 Å². The highest BCUT2D eigenvalue weighted by Crippen LogP contribution is 2.19. The summed E-state index contributed by atoms with van der Waals surface area (Å²) in [6.45, 7) is 7.90. The van der Waals surface area contributed by atoms with Crippen LogP contribution < -0.4 is 10.2 Å². The highest BCUT2D eigenvalue weighted by atomic mass is 16.5. The van der Waals surface area contributed by atoms with Gasteiger partial charge in [-0.3, -0.25) is 0 Å². The Kier molecular flexibility index (Phi) is 5.45. The fourth-order valence-electron chi connectivity index (χ4n) is 2.40. The zero-order chi connectivity index (χ0) is 13.5. The van der Waals surface area contributed by atoms with Crippen molar-refractivity contribution in [2.45, 2.75) is 39.2 Å². The molecule has 1 saturated heterocycles. The smallest absolute Gasteiger partial charge is 0.128 e. The minimum atomic E-state index is 0.308. The van der Waals surface area contributed by atoms with Gasteiger partial charge in [-0.05, 0) is 45.2 Å². The summed E-state index contributed by atoms with van der Waals surface area (Å²) in [5.74, 6) is 1.10. The highest BCUT2D eigenvalue weighted by Gasteiger charge is 2.11. The summed E-state index contributed by atoms with van der Waals surface area (Å²) < 4.78 is 5.40. The number of nitrogens with zero attached hydrogens (tertiary/aromatic N) is 2. The van der Waals surface area contributed by atoms with Crippen molar-refractivity contribution in [1.29, 1.82) is 0 Å². The summed E-state index contributed by atoms with van der Waals surface area (Å²) in [5, 5.41) is 3.40. The SMILES string of the molecule is CCOCC(C)Nc1ccc(N2CCCCC2)nc1. The van der Waals surface area contributed by atoms with Gasteiger partial charge >= 0.3 is 0 Å². The number of hydrogen-bond acceptors (Lipinski definition) is 4. The molecule has 2 rings (SSSR count). The maximum Gasteiger partial charge on any atom is 0.128 e. The molecule has 0 aliphatic carbocycles. The molecule has 1 atom stereocenters. The molecule has 0 radical (unpaired) electrons. The number of piperidine rings is 1. The molecule has 4 heteroatoms.